The van der Waals surface area contributed by atoms with E-state index in [2.05, 4.69) is 53.6 Å². The van der Waals surface area contributed by atoms with E-state index in [-0.39, 0.29) is 0 Å². The fourth-order valence-electron chi connectivity index (χ4n) is 3.86. The van der Waals surface area contributed by atoms with Gasteiger partial charge in [-0.2, -0.15) is 4.98 Å². The quantitative estimate of drug-likeness (QED) is 0.470. The van der Waals surface area contributed by atoms with E-state index >= 15 is 0 Å². The highest BCUT2D eigenvalue weighted by Gasteiger charge is 2.15. The van der Waals surface area contributed by atoms with Crippen LogP contribution < -0.4 is 14.8 Å². The summed E-state index contributed by atoms with van der Waals surface area (Å²) in [6.45, 7) is 2.24. The molecule has 0 saturated carbocycles. The van der Waals surface area contributed by atoms with Gasteiger partial charge in [-0.15, -0.1) is 5.10 Å². The highest BCUT2D eigenvalue weighted by atomic mass is 16.6. The minimum atomic E-state index is 0.562. The van der Waals surface area contributed by atoms with Crippen molar-refractivity contribution < 1.29 is 9.47 Å². The maximum Gasteiger partial charge on any atom is 0.247 e. The number of nitrogens with zero attached hydrogens (tertiary/aromatic N) is 4. The Labute approximate surface area is 187 Å². The third kappa shape index (κ3) is 4.38. The normalized spacial score (nSPS) is 13.0. The molecule has 7 nitrogen and oxygen atoms in total. The third-order valence-electron chi connectivity index (χ3n) is 5.48. The second kappa shape index (κ2) is 8.88. The maximum atomic E-state index is 5.74. The Kier molecular flexibility index (Phi) is 5.64. The van der Waals surface area contributed by atoms with Crippen molar-refractivity contribution in [2.45, 2.75) is 12.8 Å². The number of anilines is 2. The average Bonchev–Trinajstić information content (AvgIpc) is 3.22. The smallest absolute Gasteiger partial charge is 0.247 e. The van der Waals surface area contributed by atoms with Crippen LogP contribution in [0, 0.1) is 0 Å². The lowest BCUT2D eigenvalue weighted by molar-refractivity contribution is 0.171. The number of fused-ring (bicyclic) bond motifs is 2. The summed E-state index contributed by atoms with van der Waals surface area (Å²) in [6.07, 6.45) is 2.22. The number of rotatable bonds is 7. The van der Waals surface area contributed by atoms with Crippen molar-refractivity contribution in [3.8, 4) is 22.8 Å². The van der Waals surface area contributed by atoms with Crippen molar-refractivity contribution in [1.29, 1.82) is 0 Å². The Morgan fingerprint density at radius 1 is 0.969 bits per heavy atom. The van der Waals surface area contributed by atoms with Crippen molar-refractivity contribution in [1.82, 2.24) is 19.5 Å². The molecule has 0 bridgehead atoms. The Bertz CT molecular complexity index is 1220. The molecule has 0 atom stereocenters. The molecule has 0 fully saturated rings. The number of ether oxygens (including phenoxy) is 2. The van der Waals surface area contributed by atoms with E-state index in [0.717, 1.165) is 53.5 Å². The first kappa shape index (κ1) is 20.3. The van der Waals surface area contributed by atoms with Crippen molar-refractivity contribution in [3.63, 3.8) is 0 Å². The van der Waals surface area contributed by atoms with E-state index in [9.17, 15) is 0 Å². The number of pyridine rings is 1. The van der Waals surface area contributed by atoms with E-state index < -0.39 is 0 Å². The highest BCUT2D eigenvalue weighted by molar-refractivity contribution is 5.68. The summed E-state index contributed by atoms with van der Waals surface area (Å²) in [4.78, 5) is 6.86. The van der Waals surface area contributed by atoms with Gasteiger partial charge in [-0.05, 0) is 81.5 Å². The summed E-state index contributed by atoms with van der Waals surface area (Å²) >= 11 is 0. The standard InChI is InChI=1S/C25H27N5O2/c1-29(2)14-4-5-18-8-11-20(12-9-18)26-25-27-24-7-3-6-21(30(24)28-25)19-10-13-22-23(17-19)32-16-15-31-22/h3,6-13,17H,4-5,14-16H2,1-2H3,(H,26,28). The molecule has 5 rings (SSSR count). The number of hydrogen-bond acceptors (Lipinski definition) is 6. The molecule has 2 aromatic carbocycles. The molecule has 0 unspecified atom stereocenters. The van der Waals surface area contributed by atoms with Crippen molar-refractivity contribution in [2.75, 3.05) is 39.2 Å². The molecule has 1 N–H and O–H groups in total. The summed E-state index contributed by atoms with van der Waals surface area (Å²) in [5, 5.41) is 8.03. The molecule has 32 heavy (non-hydrogen) atoms. The summed E-state index contributed by atoms with van der Waals surface area (Å²) in [5.74, 6) is 2.10. The Hall–Kier alpha value is -3.58. The Morgan fingerprint density at radius 2 is 1.78 bits per heavy atom. The lowest BCUT2D eigenvalue weighted by Gasteiger charge is -2.19. The zero-order chi connectivity index (χ0) is 21.9. The van der Waals surface area contributed by atoms with Gasteiger partial charge in [0.15, 0.2) is 17.1 Å². The molecular weight excluding hydrogens is 402 g/mol. The number of nitrogens with one attached hydrogen (secondary N) is 1. The molecule has 1 aliphatic heterocycles. The molecule has 4 aromatic rings. The average molecular weight is 430 g/mol. The van der Waals surface area contributed by atoms with Gasteiger partial charge in [-0.25, -0.2) is 4.52 Å². The van der Waals surface area contributed by atoms with Crippen molar-refractivity contribution in [3.05, 3.63) is 66.2 Å². The van der Waals surface area contributed by atoms with E-state index in [1.165, 1.54) is 5.56 Å². The van der Waals surface area contributed by atoms with Crippen molar-refractivity contribution in [2.24, 2.45) is 0 Å². The first-order valence-corrected chi connectivity index (χ1v) is 10.9. The predicted molar refractivity (Wildman–Crippen MR) is 126 cm³/mol. The second-order valence-electron chi connectivity index (χ2n) is 8.20. The van der Waals surface area contributed by atoms with E-state index in [4.69, 9.17) is 14.6 Å². The van der Waals surface area contributed by atoms with Gasteiger partial charge in [0, 0.05) is 11.3 Å². The number of benzene rings is 2. The molecule has 3 heterocycles. The number of aromatic nitrogens is 3. The molecular formula is C25H27N5O2. The van der Waals surface area contributed by atoms with Crippen LogP contribution in [0.4, 0.5) is 11.6 Å². The van der Waals surface area contributed by atoms with Gasteiger partial charge in [0.05, 0.1) is 5.69 Å². The van der Waals surface area contributed by atoms with Crippen LogP contribution in [0.3, 0.4) is 0 Å². The summed E-state index contributed by atoms with van der Waals surface area (Å²) in [7, 11) is 4.21. The fraction of sp³-hybridized carbons (Fsp3) is 0.280. The monoisotopic (exact) mass is 429 g/mol. The van der Waals surface area contributed by atoms with Crippen LogP contribution in [0.5, 0.6) is 11.5 Å². The minimum Gasteiger partial charge on any atom is -0.486 e. The Morgan fingerprint density at radius 3 is 2.59 bits per heavy atom. The van der Waals surface area contributed by atoms with Crippen LogP contribution in [0.15, 0.2) is 60.7 Å². The van der Waals surface area contributed by atoms with Gasteiger partial charge in [0.1, 0.15) is 13.2 Å². The van der Waals surface area contributed by atoms with Crippen LogP contribution >= 0.6 is 0 Å². The number of hydrogen-bond donors (Lipinski definition) is 1. The lowest BCUT2D eigenvalue weighted by atomic mass is 10.1. The zero-order valence-corrected chi connectivity index (χ0v) is 18.4. The molecule has 0 saturated heterocycles. The third-order valence-corrected chi connectivity index (χ3v) is 5.48. The Balaban J connectivity index is 1.35. The molecule has 164 valence electrons. The van der Waals surface area contributed by atoms with Gasteiger partial charge in [0.25, 0.3) is 0 Å². The summed E-state index contributed by atoms with van der Waals surface area (Å²) in [5.41, 5.74) is 5.02. The topological polar surface area (TPSA) is 63.9 Å². The largest absolute Gasteiger partial charge is 0.486 e. The lowest BCUT2D eigenvalue weighted by Crippen LogP contribution is -2.15. The second-order valence-corrected chi connectivity index (χ2v) is 8.20. The van der Waals surface area contributed by atoms with Crippen LogP contribution in [-0.4, -0.2) is 53.4 Å². The molecule has 7 heteroatoms. The van der Waals surface area contributed by atoms with Gasteiger partial charge in [-0.1, -0.05) is 18.2 Å². The number of aryl methyl sites for hydroxylation is 1. The van der Waals surface area contributed by atoms with Crippen LogP contribution in [0.1, 0.15) is 12.0 Å². The van der Waals surface area contributed by atoms with E-state index in [1.807, 2.05) is 40.9 Å². The van der Waals surface area contributed by atoms with Crippen LogP contribution in [0.2, 0.25) is 0 Å². The first-order valence-electron chi connectivity index (χ1n) is 10.9. The SMILES string of the molecule is CN(C)CCCc1ccc(Nc2nc3cccc(-c4ccc5c(c4)OCCO5)n3n2)cc1. The van der Waals surface area contributed by atoms with Crippen LogP contribution in [-0.2, 0) is 6.42 Å². The molecule has 0 amide bonds. The minimum absolute atomic E-state index is 0.562. The van der Waals surface area contributed by atoms with Gasteiger partial charge >= 0.3 is 0 Å². The first-order chi connectivity index (χ1) is 15.7. The molecule has 2 aromatic heterocycles. The van der Waals surface area contributed by atoms with Gasteiger partial charge < -0.3 is 19.7 Å². The van der Waals surface area contributed by atoms with E-state index in [1.54, 1.807) is 0 Å². The van der Waals surface area contributed by atoms with Crippen LogP contribution in [0.25, 0.3) is 16.9 Å². The fourth-order valence-corrected chi connectivity index (χ4v) is 3.86. The highest BCUT2D eigenvalue weighted by Crippen LogP contribution is 2.34. The van der Waals surface area contributed by atoms with Crippen molar-refractivity contribution >= 4 is 17.3 Å². The molecule has 0 aliphatic carbocycles. The molecule has 0 radical (unpaired) electrons. The van der Waals surface area contributed by atoms with Gasteiger partial charge in [0.2, 0.25) is 5.95 Å². The van der Waals surface area contributed by atoms with E-state index in [0.29, 0.717) is 19.2 Å². The summed E-state index contributed by atoms with van der Waals surface area (Å²) in [6, 6.07) is 20.4. The molecule has 1 aliphatic rings. The summed E-state index contributed by atoms with van der Waals surface area (Å²) < 4.78 is 13.2. The predicted octanol–water partition coefficient (Wildman–Crippen LogP) is 4.41. The van der Waals surface area contributed by atoms with Gasteiger partial charge in [-0.3, -0.25) is 0 Å². The maximum absolute atomic E-state index is 5.74. The molecule has 0 spiro atoms. The zero-order valence-electron chi connectivity index (χ0n) is 18.4.